The molecule has 6 heteroatoms. The lowest BCUT2D eigenvalue weighted by atomic mass is 9.93. The van der Waals surface area contributed by atoms with E-state index in [9.17, 15) is 4.79 Å². The van der Waals surface area contributed by atoms with E-state index in [4.69, 9.17) is 33.2 Å². The van der Waals surface area contributed by atoms with Crippen molar-refractivity contribution in [1.82, 2.24) is 4.90 Å². The van der Waals surface area contributed by atoms with E-state index >= 15 is 0 Å². The van der Waals surface area contributed by atoms with Gasteiger partial charge in [-0.25, -0.2) is 0 Å². The zero-order chi connectivity index (χ0) is 15.9. The molecule has 2 aliphatic heterocycles. The Hall–Kier alpha value is -1.70. The number of fused-ring (bicyclic) bond motifs is 1. The summed E-state index contributed by atoms with van der Waals surface area (Å²) in [5.41, 5.74) is 1.38. The molecule has 4 nitrogen and oxygen atoms in total. The molecule has 1 fully saturated rings. The highest BCUT2D eigenvalue weighted by Crippen LogP contribution is 2.44. The van der Waals surface area contributed by atoms with Crippen LogP contribution >= 0.6 is 23.2 Å². The topological polar surface area (TPSA) is 53.3 Å². The van der Waals surface area contributed by atoms with E-state index < -0.39 is 0 Å². The van der Waals surface area contributed by atoms with Crippen LogP contribution in [0.1, 0.15) is 24.3 Å². The van der Waals surface area contributed by atoms with Crippen LogP contribution in [-0.4, -0.2) is 30.5 Å². The summed E-state index contributed by atoms with van der Waals surface area (Å²) in [7, 11) is 1.59. The van der Waals surface area contributed by atoms with Gasteiger partial charge < -0.3 is 9.64 Å². The SMILES string of the molecule is COc1ccc(Cl)c(Cl)c1[C@H]1C[C@H]2CC(C#N)=CC(=O)N2C1. The number of hydrogen-bond donors (Lipinski definition) is 0. The molecule has 0 N–H and O–H groups in total. The molecule has 0 bridgehead atoms. The summed E-state index contributed by atoms with van der Waals surface area (Å²) in [6.07, 6.45) is 2.77. The standard InChI is InChI=1S/C16H14Cl2N2O2/c1-22-13-3-2-12(17)16(18)15(13)10-6-11-4-9(7-19)5-14(21)20(11)8-10/h2-3,5,10-11H,4,6,8H2,1H3/t10-,11+/m0/s1. The molecule has 0 aliphatic carbocycles. The second-order valence-electron chi connectivity index (χ2n) is 5.54. The summed E-state index contributed by atoms with van der Waals surface area (Å²) in [6.45, 7) is 0.565. The number of nitrogens with zero attached hydrogens (tertiary/aromatic N) is 2. The van der Waals surface area contributed by atoms with Gasteiger partial charge in [0.15, 0.2) is 0 Å². The van der Waals surface area contributed by atoms with Crippen LogP contribution < -0.4 is 4.74 Å². The third-order valence-electron chi connectivity index (χ3n) is 4.32. The minimum Gasteiger partial charge on any atom is -0.496 e. The molecule has 1 saturated heterocycles. The highest BCUT2D eigenvalue weighted by atomic mass is 35.5. The van der Waals surface area contributed by atoms with Gasteiger partial charge >= 0.3 is 0 Å². The molecule has 2 aliphatic rings. The Morgan fingerprint density at radius 2 is 2.18 bits per heavy atom. The first kappa shape index (κ1) is 15.2. The van der Waals surface area contributed by atoms with Gasteiger partial charge in [-0.2, -0.15) is 5.26 Å². The maximum Gasteiger partial charge on any atom is 0.247 e. The maximum atomic E-state index is 12.1. The molecule has 0 aromatic heterocycles. The van der Waals surface area contributed by atoms with E-state index in [0.29, 0.717) is 34.3 Å². The number of methoxy groups -OCH3 is 1. The number of rotatable bonds is 2. The Balaban J connectivity index is 1.94. The average molecular weight is 337 g/mol. The number of ether oxygens (including phenoxy) is 1. The molecule has 0 unspecified atom stereocenters. The number of amides is 1. The molecule has 3 rings (SSSR count). The molecule has 1 aromatic carbocycles. The summed E-state index contributed by atoms with van der Waals surface area (Å²) >= 11 is 12.5. The highest BCUT2D eigenvalue weighted by molar-refractivity contribution is 6.42. The second kappa shape index (κ2) is 5.83. The molecule has 2 heterocycles. The fourth-order valence-corrected chi connectivity index (χ4v) is 3.79. The molecule has 0 saturated carbocycles. The summed E-state index contributed by atoms with van der Waals surface area (Å²) in [6, 6.07) is 5.62. The molecule has 2 atom stereocenters. The first-order chi connectivity index (χ1) is 10.5. The van der Waals surface area contributed by atoms with Gasteiger partial charge in [-0.1, -0.05) is 23.2 Å². The van der Waals surface area contributed by atoms with Crippen LogP contribution in [0.25, 0.3) is 0 Å². The van der Waals surface area contributed by atoms with Gasteiger partial charge in [0.05, 0.1) is 23.2 Å². The highest BCUT2D eigenvalue weighted by Gasteiger charge is 2.40. The van der Waals surface area contributed by atoms with Gasteiger partial charge in [0.1, 0.15) is 5.75 Å². The number of nitriles is 1. The van der Waals surface area contributed by atoms with Crippen molar-refractivity contribution in [3.05, 3.63) is 39.4 Å². The minimum absolute atomic E-state index is 0.0388. The van der Waals surface area contributed by atoms with E-state index in [1.807, 2.05) is 4.90 Å². The van der Waals surface area contributed by atoms with Crippen molar-refractivity contribution < 1.29 is 9.53 Å². The van der Waals surface area contributed by atoms with Gasteiger partial charge in [0.2, 0.25) is 5.91 Å². The Labute approximate surface area is 138 Å². The Morgan fingerprint density at radius 1 is 1.41 bits per heavy atom. The van der Waals surface area contributed by atoms with Crippen LogP contribution in [0.15, 0.2) is 23.8 Å². The third-order valence-corrected chi connectivity index (χ3v) is 5.13. The lowest BCUT2D eigenvalue weighted by Gasteiger charge is -2.26. The number of benzene rings is 1. The molecule has 0 radical (unpaired) electrons. The second-order valence-corrected chi connectivity index (χ2v) is 6.33. The summed E-state index contributed by atoms with van der Waals surface area (Å²) in [5.74, 6) is 0.633. The van der Waals surface area contributed by atoms with E-state index in [2.05, 4.69) is 6.07 Å². The monoisotopic (exact) mass is 336 g/mol. The van der Waals surface area contributed by atoms with Crippen molar-refractivity contribution in [3.8, 4) is 11.8 Å². The minimum atomic E-state index is -0.104. The van der Waals surface area contributed by atoms with Crippen LogP contribution in [-0.2, 0) is 4.79 Å². The quantitative estimate of drug-likeness (QED) is 0.829. The van der Waals surface area contributed by atoms with Crippen molar-refractivity contribution >= 4 is 29.1 Å². The predicted molar refractivity (Wildman–Crippen MR) is 84.2 cm³/mol. The largest absolute Gasteiger partial charge is 0.496 e. The zero-order valence-corrected chi connectivity index (χ0v) is 13.5. The first-order valence-electron chi connectivity index (χ1n) is 6.98. The van der Waals surface area contributed by atoms with Crippen molar-refractivity contribution in [2.45, 2.75) is 24.8 Å². The van der Waals surface area contributed by atoms with E-state index in [1.54, 1.807) is 19.2 Å². The number of halogens is 2. The molecule has 1 amide bonds. The van der Waals surface area contributed by atoms with Crippen LogP contribution in [0.4, 0.5) is 0 Å². The van der Waals surface area contributed by atoms with Gasteiger partial charge in [0.25, 0.3) is 0 Å². The molecule has 1 aromatic rings. The zero-order valence-electron chi connectivity index (χ0n) is 12.0. The Morgan fingerprint density at radius 3 is 2.86 bits per heavy atom. The molecular weight excluding hydrogens is 323 g/mol. The van der Waals surface area contributed by atoms with Crippen molar-refractivity contribution in [1.29, 1.82) is 5.26 Å². The van der Waals surface area contributed by atoms with E-state index in [0.717, 1.165) is 12.0 Å². The fraction of sp³-hybridized carbons (Fsp3) is 0.375. The molecule has 114 valence electrons. The molecular formula is C16H14Cl2N2O2. The summed E-state index contributed by atoms with van der Waals surface area (Å²) < 4.78 is 5.40. The van der Waals surface area contributed by atoms with Crippen LogP contribution in [0.2, 0.25) is 10.0 Å². The van der Waals surface area contributed by atoms with E-state index in [1.165, 1.54) is 6.08 Å². The fourth-order valence-electron chi connectivity index (χ4n) is 3.32. The van der Waals surface area contributed by atoms with Crippen LogP contribution in [0.3, 0.4) is 0 Å². The summed E-state index contributed by atoms with van der Waals surface area (Å²) in [5, 5.41) is 9.98. The van der Waals surface area contributed by atoms with Crippen molar-refractivity contribution in [2.24, 2.45) is 0 Å². The van der Waals surface area contributed by atoms with Gasteiger partial charge in [-0.05, 0) is 18.6 Å². The third kappa shape index (κ3) is 2.45. The van der Waals surface area contributed by atoms with Gasteiger partial charge in [0, 0.05) is 42.1 Å². The number of hydrogen-bond acceptors (Lipinski definition) is 3. The number of carbonyl (C=O) groups is 1. The average Bonchev–Trinajstić information content (AvgIpc) is 2.93. The lowest BCUT2D eigenvalue weighted by molar-refractivity contribution is -0.127. The Kier molecular flexibility index (Phi) is 4.03. The van der Waals surface area contributed by atoms with E-state index in [-0.39, 0.29) is 17.9 Å². The van der Waals surface area contributed by atoms with Gasteiger partial charge in [-0.3, -0.25) is 4.79 Å². The Bertz CT molecular complexity index is 709. The van der Waals surface area contributed by atoms with Crippen LogP contribution in [0, 0.1) is 11.3 Å². The van der Waals surface area contributed by atoms with Crippen molar-refractivity contribution in [2.75, 3.05) is 13.7 Å². The predicted octanol–water partition coefficient (Wildman–Crippen LogP) is 3.54. The smallest absolute Gasteiger partial charge is 0.247 e. The lowest BCUT2D eigenvalue weighted by Crippen LogP contribution is -2.37. The molecule has 0 spiro atoms. The maximum absolute atomic E-state index is 12.1. The first-order valence-corrected chi connectivity index (χ1v) is 7.74. The normalized spacial score (nSPS) is 23.8. The molecule has 22 heavy (non-hydrogen) atoms. The van der Waals surface area contributed by atoms with Gasteiger partial charge in [-0.15, -0.1) is 0 Å². The number of carbonyl (C=O) groups excluding carboxylic acids is 1. The van der Waals surface area contributed by atoms with Crippen LogP contribution in [0.5, 0.6) is 5.75 Å². The van der Waals surface area contributed by atoms with Crippen molar-refractivity contribution in [3.63, 3.8) is 0 Å². The summed E-state index contributed by atoms with van der Waals surface area (Å²) in [4.78, 5) is 13.9.